The molecule has 1 saturated carbocycles. The van der Waals surface area contributed by atoms with Crippen LogP contribution in [0.4, 0.5) is 0 Å². The molecule has 0 spiro atoms. The average molecular weight is 413 g/mol. The van der Waals surface area contributed by atoms with E-state index in [1.54, 1.807) is 18.2 Å². The van der Waals surface area contributed by atoms with Crippen molar-refractivity contribution >= 4 is 41.9 Å². The summed E-state index contributed by atoms with van der Waals surface area (Å²) in [6, 6.07) is 5.01. The monoisotopic (exact) mass is 411 g/mol. The molecular formula is C12H15Br2NO3S. The predicted octanol–water partition coefficient (Wildman–Crippen LogP) is 2.75. The van der Waals surface area contributed by atoms with Crippen LogP contribution in [0.15, 0.2) is 32.0 Å². The highest BCUT2D eigenvalue weighted by molar-refractivity contribution is 9.11. The summed E-state index contributed by atoms with van der Waals surface area (Å²) in [5.41, 5.74) is 0. The quantitative estimate of drug-likeness (QED) is 0.808. The maximum atomic E-state index is 12.7. The van der Waals surface area contributed by atoms with Crippen molar-refractivity contribution in [2.75, 3.05) is 13.2 Å². The van der Waals surface area contributed by atoms with Crippen molar-refractivity contribution in [3.63, 3.8) is 0 Å². The fraction of sp³-hybridized carbons (Fsp3) is 0.500. The van der Waals surface area contributed by atoms with E-state index in [0.717, 1.165) is 23.7 Å². The molecule has 2 rings (SSSR count). The van der Waals surface area contributed by atoms with Crippen LogP contribution in [0.5, 0.6) is 0 Å². The van der Waals surface area contributed by atoms with Gasteiger partial charge >= 0.3 is 0 Å². The van der Waals surface area contributed by atoms with Crippen LogP contribution in [0.1, 0.15) is 19.3 Å². The molecule has 1 fully saturated rings. The van der Waals surface area contributed by atoms with Gasteiger partial charge < -0.3 is 5.11 Å². The van der Waals surface area contributed by atoms with Crippen molar-refractivity contribution in [2.24, 2.45) is 0 Å². The Hall–Kier alpha value is 0.0500. The zero-order chi connectivity index (χ0) is 14.0. The lowest BCUT2D eigenvalue weighted by atomic mass is 9.93. The lowest BCUT2D eigenvalue weighted by Crippen LogP contribution is -2.45. The van der Waals surface area contributed by atoms with Crippen molar-refractivity contribution < 1.29 is 13.5 Å². The van der Waals surface area contributed by atoms with Gasteiger partial charge in [-0.2, -0.15) is 4.31 Å². The van der Waals surface area contributed by atoms with Crippen LogP contribution < -0.4 is 0 Å². The van der Waals surface area contributed by atoms with E-state index in [-0.39, 0.29) is 24.1 Å². The Kier molecular flexibility index (Phi) is 5.05. The van der Waals surface area contributed by atoms with E-state index in [4.69, 9.17) is 5.11 Å². The average Bonchev–Trinajstić information content (AvgIpc) is 2.25. The molecule has 0 bridgehead atoms. The van der Waals surface area contributed by atoms with Crippen molar-refractivity contribution in [2.45, 2.75) is 30.2 Å². The molecule has 0 aromatic heterocycles. The molecular weight excluding hydrogens is 398 g/mol. The molecule has 1 aromatic carbocycles. The first-order valence-electron chi connectivity index (χ1n) is 6.04. The number of sulfonamides is 1. The van der Waals surface area contributed by atoms with Gasteiger partial charge in [0.25, 0.3) is 0 Å². The number of aliphatic hydroxyl groups excluding tert-OH is 1. The second-order valence-electron chi connectivity index (χ2n) is 4.50. The summed E-state index contributed by atoms with van der Waals surface area (Å²) in [5.74, 6) is 0. The number of halogens is 2. The molecule has 1 aliphatic carbocycles. The molecule has 0 radical (unpaired) electrons. The first kappa shape index (κ1) is 15.4. The zero-order valence-electron chi connectivity index (χ0n) is 10.2. The normalized spacial score (nSPS) is 16.6. The van der Waals surface area contributed by atoms with E-state index in [0.29, 0.717) is 4.47 Å². The molecule has 1 aliphatic rings. The highest BCUT2D eigenvalue weighted by Crippen LogP contribution is 2.33. The van der Waals surface area contributed by atoms with Gasteiger partial charge in [-0.1, -0.05) is 22.4 Å². The Morgan fingerprint density at radius 2 is 2.00 bits per heavy atom. The second-order valence-corrected chi connectivity index (χ2v) is 8.13. The molecule has 4 nitrogen and oxygen atoms in total. The van der Waals surface area contributed by atoms with E-state index in [2.05, 4.69) is 31.9 Å². The summed E-state index contributed by atoms with van der Waals surface area (Å²) in [6.45, 7) is -0.0145. The Labute approximate surface area is 130 Å². The largest absolute Gasteiger partial charge is 0.395 e. The first-order chi connectivity index (χ1) is 8.96. The number of hydrogen-bond donors (Lipinski definition) is 1. The minimum absolute atomic E-state index is 0.0210. The van der Waals surface area contributed by atoms with Gasteiger partial charge in [-0.3, -0.25) is 0 Å². The van der Waals surface area contributed by atoms with Gasteiger partial charge in [-0.15, -0.1) is 0 Å². The summed E-state index contributed by atoms with van der Waals surface area (Å²) in [4.78, 5) is 0.246. The molecule has 0 saturated heterocycles. The molecule has 0 unspecified atom stereocenters. The van der Waals surface area contributed by atoms with E-state index in [1.165, 1.54) is 4.31 Å². The molecule has 106 valence electrons. The fourth-order valence-electron chi connectivity index (χ4n) is 2.08. The molecule has 0 atom stereocenters. The number of benzene rings is 1. The molecule has 0 heterocycles. The van der Waals surface area contributed by atoms with Crippen LogP contribution in [0, 0.1) is 0 Å². The minimum atomic E-state index is -3.57. The number of aliphatic hydroxyl groups is 1. The SMILES string of the molecule is O=S(=O)(c1ccc(Br)cc1Br)N(CCO)C1CCC1. The van der Waals surface area contributed by atoms with Crippen molar-refractivity contribution in [1.29, 1.82) is 0 Å². The third kappa shape index (κ3) is 3.21. The summed E-state index contributed by atoms with van der Waals surface area (Å²) < 4.78 is 28.1. The van der Waals surface area contributed by atoms with Crippen molar-refractivity contribution in [3.8, 4) is 0 Å². The van der Waals surface area contributed by atoms with Gasteiger partial charge in [0.2, 0.25) is 10.0 Å². The van der Waals surface area contributed by atoms with Gasteiger partial charge in [0, 0.05) is 21.5 Å². The molecule has 1 aromatic rings. The van der Waals surface area contributed by atoms with Gasteiger partial charge in [0.1, 0.15) is 0 Å². The smallest absolute Gasteiger partial charge is 0.244 e. The fourth-order valence-corrected chi connectivity index (χ4v) is 5.47. The van der Waals surface area contributed by atoms with Gasteiger partial charge in [-0.05, 0) is 47.0 Å². The topological polar surface area (TPSA) is 57.6 Å². The highest BCUT2D eigenvalue weighted by atomic mass is 79.9. The number of hydrogen-bond acceptors (Lipinski definition) is 3. The molecule has 19 heavy (non-hydrogen) atoms. The van der Waals surface area contributed by atoms with Crippen LogP contribution in [-0.2, 0) is 10.0 Å². The van der Waals surface area contributed by atoms with Crippen molar-refractivity contribution in [3.05, 3.63) is 27.1 Å². The predicted molar refractivity (Wildman–Crippen MR) is 80.5 cm³/mol. The summed E-state index contributed by atoms with van der Waals surface area (Å²) in [5, 5.41) is 9.10. The Balaban J connectivity index is 2.38. The van der Waals surface area contributed by atoms with Gasteiger partial charge in [0.15, 0.2) is 0 Å². The standard InChI is InChI=1S/C12H15Br2NO3S/c13-9-4-5-12(11(14)8-9)19(17,18)15(6-7-16)10-2-1-3-10/h4-5,8,10,16H,1-3,6-7H2. The van der Waals surface area contributed by atoms with Crippen LogP contribution in [0.3, 0.4) is 0 Å². The number of rotatable bonds is 5. The summed E-state index contributed by atoms with van der Waals surface area (Å²) in [6.07, 6.45) is 2.78. The Morgan fingerprint density at radius 3 is 2.47 bits per heavy atom. The van der Waals surface area contributed by atoms with E-state index < -0.39 is 10.0 Å². The summed E-state index contributed by atoms with van der Waals surface area (Å²) in [7, 11) is -3.57. The van der Waals surface area contributed by atoms with Crippen LogP contribution in [0.2, 0.25) is 0 Å². The van der Waals surface area contributed by atoms with Crippen LogP contribution in [-0.4, -0.2) is 37.0 Å². The van der Waals surface area contributed by atoms with E-state index >= 15 is 0 Å². The van der Waals surface area contributed by atoms with Crippen LogP contribution >= 0.6 is 31.9 Å². The maximum Gasteiger partial charge on any atom is 0.244 e. The highest BCUT2D eigenvalue weighted by Gasteiger charge is 2.35. The molecule has 0 aliphatic heterocycles. The first-order valence-corrected chi connectivity index (χ1v) is 9.07. The second kappa shape index (κ2) is 6.22. The van der Waals surface area contributed by atoms with Gasteiger partial charge in [-0.25, -0.2) is 8.42 Å². The van der Waals surface area contributed by atoms with Gasteiger partial charge in [0.05, 0.1) is 11.5 Å². The van der Waals surface area contributed by atoms with Crippen molar-refractivity contribution in [1.82, 2.24) is 4.31 Å². The van der Waals surface area contributed by atoms with E-state index in [9.17, 15) is 8.42 Å². The molecule has 1 N–H and O–H groups in total. The lowest BCUT2D eigenvalue weighted by molar-refractivity contribution is 0.178. The summed E-state index contributed by atoms with van der Waals surface area (Å²) >= 11 is 6.60. The Morgan fingerprint density at radius 1 is 1.32 bits per heavy atom. The minimum Gasteiger partial charge on any atom is -0.395 e. The lowest BCUT2D eigenvalue weighted by Gasteiger charge is -2.36. The Bertz CT molecular complexity index is 558. The zero-order valence-corrected chi connectivity index (χ0v) is 14.2. The number of nitrogens with zero attached hydrogens (tertiary/aromatic N) is 1. The third-order valence-electron chi connectivity index (χ3n) is 3.28. The maximum absolute atomic E-state index is 12.7. The third-order valence-corrected chi connectivity index (χ3v) is 6.70. The van der Waals surface area contributed by atoms with E-state index in [1.807, 2.05) is 0 Å². The molecule has 0 amide bonds. The van der Waals surface area contributed by atoms with Crippen LogP contribution in [0.25, 0.3) is 0 Å². The molecule has 7 heteroatoms.